The van der Waals surface area contributed by atoms with E-state index in [4.69, 9.17) is 14.5 Å². The smallest absolute Gasteiger partial charge is 0.165 e. The van der Waals surface area contributed by atoms with Gasteiger partial charge in [-0.05, 0) is 72.9 Å². The maximum atomic E-state index is 14.4. The molecule has 2 aromatic heterocycles. The van der Waals surface area contributed by atoms with Gasteiger partial charge in [-0.3, -0.25) is 4.98 Å². The Labute approximate surface area is 209 Å². The topological polar surface area (TPSA) is 59.2 Å². The molecule has 0 fully saturated rings. The number of ether oxygens (including phenoxy) is 2. The van der Waals surface area contributed by atoms with Crippen LogP contribution in [0.1, 0.15) is 28.9 Å². The molecule has 0 aliphatic heterocycles. The zero-order valence-electron chi connectivity index (χ0n) is 20.4. The van der Waals surface area contributed by atoms with Crippen LogP contribution in [0.15, 0.2) is 66.7 Å². The van der Waals surface area contributed by atoms with E-state index < -0.39 is 0 Å². The summed E-state index contributed by atoms with van der Waals surface area (Å²) in [4.78, 5) is 8.76. The molecule has 0 bridgehead atoms. The van der Waals surface area contributed by atoms with Crippen molar-refractivity contribution in [3.8, 4) is 11.5 Å². The predicted molar refractivity (Wildman–Crippen MR) is 142 cm³/mol. The molecule has 3 aromatic carbocycles. The van der Waals surface area contributed by atoms with Gasteiger partial charge in [0.2, 0.25) is 0 Å². The summed E-state index contributed by atoms with van der Waals surface area (Å²) in [5.74, 6) is 0.750. The summed E-state index contributed by atoms with van der Waals surface area (Å²) in [6.07, 6.45) is 3.33. The van der Waals surface area contributed by atoms with Crippen LogP contribution in [-0.2, 0) is 19.3 Å². The molecule has 0 spiro atoms. The van der Waals surface area contributed by atoms with Gasteiger partial charge in [0.25, 0.3) is 0 Å². The molecule has 5 aromatic rings. The lowest BCUT2D eigenvalue weighted by Gasteiger charge is -2.27. The van der Waals surface area contributed by atoms with Gasteiger partial charge in [-0.1, -0.05) is 24.3 Å². The maximum Gasteiger partial charge on any atom is 0.165 e. The fraction of sp³-hybridized carbons (Fsp3) is 0.233. The number of anilines is 1. The number of aromatic amines is 1. The number of nitrogens with zero attached hydrogens (tertiary/aromatic N) is 1. The first kappa shape index (κ1) is 22.4. The number of methoxy groups -OCH3 is 2. The Bertz CT molecular complexity index is 1560. The standard InChI is InChI=1S/C30H28FN3O2/c1-35-21-11-8-19(9-12-21)32-20-10-13-26-23(17-20)29-22-5-3-4-6-25(22)34-30(29)27(33-26)16-18-7-14-28(36-2)24(31)15-18/h3-9,11-12,14-15,20,32,34H,10,13,16-17H2,1-2H3. The van der Waals surface area contributed by atoms with E-state index in [2.05, 4.69) is 40.6 Å². The molecule has 1 aliphatic carbocycles. The minimum absolute atomic E-state index is 0.253. The lowest BCUT2D eigenvalue weighted by molar-refractivity contribution is 0.386. The molecule has 0 saturated heterocycles. The molecule has 0 radical (unpaired) electrons. The molecule has 182 valence electrons. The van der Waals surface area contributed by atoms with Gasteiger partial charge in [-0.2, -0.15) is 0 Å². The highest BCUT2D eigenvalue weighted by atomic mass is 19.1. The van der Waals surface area contributed by atoms with E-state index in [1.165, 1.54) is 23.4 Å². The van der Waals surface area contributed by atoms with Crippen LogP contribution in [-0.4, -0.2) is 30.2 Å². The van der Waals surface area contributed by atoms with Gasteiger partial charge in [0, 0.05) is 40.1 Å². The highest BCUT2D eigenvalue weighted by Gasteiger charge is 2.25. The second kappa shape index (κ2) is 9.19. The summed E-state index contributed by atoms with van der Waals surface area (Å²) in [7, 11) is 3.16. The molecule has 6 rings (SSSR count). The van der Waals surface area contributed by atoms with Crippen LogP contribution in [0, 0.1) is 5.82 Å². The Kier molecular flexibility index (Phi) is 5.72. The van der Waals surface area contributed by atoms with E-state index in [1.807, 2.05) is 24.3 Å². The second-order valence-corrected chi connectivity index (χ2v) is 9.36. The van der Waals surface area contributed by atoms with E-state index in [1.54, 1.807) is 19.2 Å². The number of nitrogens with one attached hydrogen (secondary N) is 2. The monoisotopic (exact) mass is 481 g/mol. The van der Waals surface area contributed by atoms with Crippen molar-refractivity contribution in [3.05, 3.63) is 95.1 Å². The number of halogens is 1. The first-order chi connectivity index (χ1) is 17.6. The zero-order valence-corrected chi connectivity index (χ0v) is 20.4. The van der Waals surface area contributed by atoms with Gasteiger partial charge in [0.15, 0.2) is 11.6 Å². The number of fused-ring (bicyclic) bond motifs is 5. The van der Waals surface area contributed by atoms with Crippen molar-refractivity contribution in [1.29, 1.82) is 0 Å². The third kappa shape index (κ3) is 4.02. The summed E-state index contributed by atoms with van der Waals surface area (Å²) in [6, 6.07) is 21.9. The molecule has 0 saturated carbocycles. The number of aromatic nitrogens is 2. The average Bonchev–Trinajstić information content (AvgIpc) is 3.30. The number of hydrogen-bond donors (Lipinski definition) is 2. The normalized spacial score (nSPS) is 15.1. The number of aryl methyl sites for hydroxylation is 1. The quantitative estimate of drug-likeness (QED) is 0.293. The number of benzene rings is 3. The summed E-state index contributed by atoms with van der Waals surface area (Å²) in [6.45, 7) is 0. The molecular weight excluding hydrogens is 453 g/mol. The van der Waals surface area contributed by atoms with Crippen molar-refractivity contribution in [2.45, 2.75) is 31.7 Å². The summed E-state index contributed by atoms with van der Waals surface area (Å²) in [5.41, 5.74) is 7.48. The molecule has 2 N–H and O–H groups in total. The van der Waals surface area contributed by atoms with Crippen LogP contribution in [0.5, 0.6) is 11.5 Å². The van der Waals surface area contributed by atoms with Crippen LogP contribution in [0.25, 0.3) is 21.8 Å². The van der Waals surface area contributed by atoms with Crippen molar-refractivity contribution in [2.24, 2.45) is 0 Å². The fourth-order valence-corrected chi connectivity index (χ4v) is 5.38. The van der Waals surface area contributed by atoms with E-state index in [0.717, 1.165) is 58.7 Å². The molecule has 36 heavy (non-hydrogen) atoms. The van der Waals surface area contributed by atoms with Gasteiger partial charge >= 0.3 is 0 Å². The molecule has 1 unspecified atom stereocenters. The molecule has 1 aliphatic rings. The number of H-pyrrole nitrogens is 1. The van der Waals surface area contributed by atoms with Crippen LogP contribution in [0.3, 0.4) is 0 Å². The molecule has 2 heterocycles. The molecule has 5 nitrogen and oxygen atoms in total. The summed E-state index contributed by atoms with van der Waals surface area (Å²) >= 11 is 0. The van der Waals surface area contributed by atoms with Gasteiger partial charge in [-0.15, -0.1) is 0 Å². The lowest BCUT2D eigenvalue weighted by atomic mass is 9.87. The largest absolute Gasteiger partial charge is 0.497 e. The van der Waals surface area contributed by atoms with Crippen LogP contribution >= 0.6 is 0 Å². The number of para-hydroxylation sites is 1. The summed E-state index contributed by atoms with van der Waals surface area (Å²) in [5, 5.41) is 6.15. The van der Waals surface area contributed by atoms with Gasteiger partial charge in [0.05, 0.1) is 25.4 Å². The van der Waals surface area contributed by atoms with Gasteiger partial charge in [0.1, 0.15) is 5.75 Å². The van der Waals surface area contributed by atoms with E-state index in [-0.39, 0.29) is 11.6 Å². The molecule has 1 atom stereocenters. The number of hydrogen-bond acceptors (Lipinski definition) is 4. The minimum atomic E-state index is -0.353. The van der Waals surface area contributed by atoms with Crippen molar-refractivity contribution in [2.75, 3.05) is 19.5 Å². The Hall–Kier alpha value is -4.06. The average molecular weight is 482 g/mol. The number of rotatable bonds is 6. The zero-order chi connectivity index (χ0) is 24.6. The third-order valence-electron chi connectivity index (χ3n) is 7.14. The Balaban J connectivity index is 1.39. The van der Waals surface area contributed by atoms with E-state index in [0.29, 0.717) is 12.5 Å². The third-order valence-corrected chi connectivity index (χ3v) is 7.14. The molecule has 0 amide bonds. The molecular formula is C30H28FN3O2. The first-order valence-electron chi connectivity index (χ1n) is 12.3. The highest BCUT2D eigenvalue weighted by molar-refractivity contribution is 6.10. The lowest BCUT2D eigenvalue weighted by Crippen LogP contribution is -2.28. The predicted octanol–water partition coefficient (Wildman–Crippen LogP) is 6.43. The Morgan fingerprint density at radius 2 is 1.86 bits per heavy atom. The van der Waals surface area contributed by atoms with Crippen LogP contribution in [0.4, 0.5) is 10.1 Å². The van der Waals surface area contributed by atoms with E-state index in [9.17, 15) is 4.39 Å². The van der Waals surface area contributed by atoms with Crippen molar-refractivity contribution in [1.82, 2.24) is 9.97 Å². The second-order valence-electron chi connectivity index (χ2n) is 9.36. The highest BCUT2D eigenvalue weighted by Crippen LogP contribution is 2.36. The first-order valence-corrected chi connectivity index (χ1v) is 12.3. The van der Waals surface area contributed by atoms with Crippen molar-refractivity contribution < 1.29 is 13.9 Å². The Morgan fingerprint density at radius 1 is 1.03 bits per heavy atom. The summed E-state index contributed by atoms with van der Waals surface area (Å²) < 4.78 is 24.8. The number of pyridine rings is 1. The SMILES string of the molecule is COc1ccc(NC2CCc3nc(Cc4ccc(OC)c(F)c4)c4[nH]c5ccccc5c4c3C2)cc1. The molecule has 6 heteroatoms. The van der Waals surface area contributed by atoms with Crippen LogP contribution < -0.4 is 14.8 Å². The van der Waals surface area contributed by atoms with Crippen molar-refractivity contribution >= 4 is 27.5 Å². The van der Waals surface area contributed by atoms with Gasteiger partial charge < -0.3 is 19.8 Å². The minimum Gasteiger partial charge on any atom is -0.497 e. The Morgan fingerprint density at radius 3 is 2.64 bits per heavy atom. The fourth-order valence-electron chi connectivity index (χ4n) is 5.38. The van der Waals surface area contributed by atoms with Crippen LogP contribution in [0.2, 0.25) is 0 Å². The van der Waals surface area contributed by atoms with E-state index >= 15 is 0 Å². The van der Waals surface area contributed by atoms with Gasteiger partial charge in [-0.25, -0.2) is 4.39 Å². The maximum absolute atomic E-state index is 14.4. The van der Waals surface area contributed by atoms with Crippen molar-refractivity contribution in [3.63, 3.8) is 0 Å².